The van der Waals surface area contributed by atoms with Crippen molar-refractivity contribution in [2.45, 2.75) is 19.1 Å². The topological polar surface area (TPSA) is 65.3 Å². The molecule has 2 saturated heterocycles. The summed E-state index contributed by atoms with van der Waals surface area (Å²) in [5.41, 5.74) is 0.885. The molecule has 20 heavy (non-hydrogen) atoms. The molecule has 2 heterocycles. The average molecular weight is 312 g/mol. The van der Waals surface area contributed by atoms with E-state index in [9.17, 15) is 9.59 Å². The fraction of sp³-hybridized carbons (Fsp3) is 0.500. The molecule has 0 aromatic heterocycles. The van der Waals surface area contributed by atoms with Gasteiger partial charge in [-0.25, -0.2) is 0 Å². The number of carbonyl (C=O) groups is 2. The summed E-state index contributed by atoms with van der Waals surface area (Å²) in [6.45, 7) is 7.97. The Kier molecular flexibility index (Phi) is 4.54. The van der Waals surface area contributed by atoms with Crippen molar-refractivity contribution >= 4 is 45.7 Å². The molecule has 0 N–H and O–H groups in total. The van der Waals surface area contributed by atoms with Gasteiger partial charge in [-0.2, -0.15) is 0 Å². The highest BCUT2D eigenvalue weighted by atomic mass is 32.2. The molecule has 2 fully saturated rings. The van der Waals surface area contributed by atoms with Gasteiger partial charge in [-0.05, 0) is 13.8 Å². The van der Waals surface area contributed by atoms with Crippen molar-refractivity contribution in [3.8, 4) is 0 Å². The number of carbonyl (C=O) groups excluding carboxylic acids is 2. The lowest BCUT2D eigenvalue weighted by molar-refractivity contribution is -0.125. The second-order valence-corrected chi connectivity index (χ2v) is 6.90. The van der Waals surface area contributed by atoms with Crippen molar-refractivity contribution < 1.29 is 9.59 Å². The number of amides is 2. The highest BCUT2D eigenvalue weighted by Crippen LogP contribution is 2.28. The van der Waals surface area contributed by atoms with Crippen molar-refractivity contribution in [3.05, 3.63) is 12.2 Å². The molecule has 0 aromatic carbocycles. The Morgan fingerprint density at radius 2 is 2.05 bits per heavy atom. The van der Waals surface area contributed by atoms with Gasteiger partial charge in [-0.1, -0.05) is 35.7 Å². The van der Waals surface area contributed by atoms with Crippen LogP contribution in [0.1, 0.15) is 13.8 Å². The van der Waals surface area contributed by atoms with E-state index in [1.54, 1.807) is 11.9 Å². The van der Waals surface area contributed by atoms with Crippen LogP contribution >= 0.6 is 23.5 Å². The van der Waals surface area contributed by atoms with E-state index in [-0.39, 0.29) is 17.1 Å². The number of amidine groups is 2. The molecule has 6 nitrogen and oxygen atoms in total. The minimum Gasteiger partial charge on any atom is -0.292 e. The Morgan fingerprint density at radius 1 is 1.40 bits per heavy atom. The van der Waals surface area contributed by atoms with Gasteiger partial charge in [-0.15, -0.1) is 10.2 Å². The molecule has 8 heteroatoms. The molecular weight excluding hydrogens is 296 g/mol. The first-order valence-electron chi connectivity index (χ1n) is 6.07. The maximum Gasteiger partial charge on any atom is 0.242 e. The van der Waals surface area contributed by atoms with Crippen LogP contribution in [0.3, 0.4) is 0 Å². The van der Waals surface area contributed by atoms with Gasteiger partial charge >= 0.3 is 0 Å². The maximum atomic E-state index is 12.0. The van der Waals surface area contributed by atoms with E-state index in [0.29, 0.717) is 22.6 Å². The lowest BCUT2D eigenvalue weighted by atomic mass is 10.3. The van der Waals surface area contributed by atoms with Crippen LogP contribution in [0.4, 0.5) is 0 Å². The molecule has 0 radical (unpaired) electrons. The van der Waals surface area contributed by atoms with E-state index in [2.05, 4.69) is 16.8 Å². The smallest absolute Gasteiger partial charge is 0.242 e. The summed E-state index contributed by atoms with van der Waals surface area (Å²) in [6.07, 6.45) is 0. The van der Waals surface area contributed by atoms with Gasteiger partial charge < -0.3 is 0 Å². The maximum absolute atomic E-state index is 12.0. The molecule has 0 bridgehead atoms. The fourth-order valence-electron chi connectivity index (χ4n) is 1.69. The van der Waals surface area contributed by atoms with Crippen molar-refractivity contribution in [2.75, 3.05) is 19.3 Å². The molecule has 0 aliphatic carbocycles. The van der Waals surface area contributed by atoms with Crippen molar-refractivity contribution in [2.24, 2.45) is 10.2 Å². The largest absolute Gasteiger partial charge is 0.292 e. The minimum absolute atomic E-state index is 0.0104. The van der Waals surface area contributed by atoms with Gasteiger partial charge in [0.05, 0.1) is 11.0 Å². The van der Waals surface area contributed by atoms with E-state index in [1.807, 2.05) is 13.8 Å². The Balaban J connectivity index is 2.19. The molecule has 1 unspecified atom stereocenters. The minimum atomic E-state index is -0.163. The normalized spacial score (nSPS) is 27.2. The van der Waals surface area contributed by atoms with Gasteiger partial charge in [0.15, 0.2) is 10.3 Å². The SMILES string of the molecule is C=C(C)CN1C(=O)C(C)S/C1=N\N=C1\SCC(=O)N1C. The van der Waals surface area contributed by atoms with Crippen LogP contribution in [0, 0.1) is 0 Å². The van der Waals surface area contributed by atoms with E-state index in [0.717, 1.165) is 5.57 Å². The second kappa shape index (κ2) is 6.01. The quantitative estimate of drug-likeness (QED) is 0.583. The van der Waals surface area contributed by atoms with Crippen LogP contribution < -0.4 is 0 Å². The first-order valence-corrected chi connectivity index (χ1v) is 7.94. The Bertz CT molecular complexity index is 530. The number of nitrogens with zero attached hydrogens (tertiary/aromatic N) is 4. The lowest BCUT2D eigenvalue weighted by Crippen LogP contribution is -2.32. The van der Waals surface area contributed by atoms with Gasteiger partial charge in [0.1, 0.15) is 0 Å². The molecule has 2 aliphatic heterocycles. The zero-order valence-corrected chi connectivity index (χ0v) is 13.3. The Hall–Kier alpha value is -1.28. The van der Waals surface area contributed by atoms with Gasteiger partial charge in [0, 0.05) is 13.6 Å². The highest BCUT2D eigenvalue weighted by molar-refractivity contribution is 8.15. The van der Waals surface area contributed by atoms with Gasteiger partial charge in [0.2, 0.25) is 11.8 Å². The van der Waals surface area contributed by atoms with Crippen molar-refractivity contribution in [3.63, 3.8) is 0 Å². The third kappa shape index (κ3) is 3.06. The van der Waals surface area contributed by atoms with E-state index in [1.165, 1.54) is 28.4 Å². The molecule has 2 amide bonds. The molecule has 2 aliphatic rings. The Morgan fingerprint density at radius 3 is 2.60 bits per heavy atom. The fourth-order valence-corrected chi connectivity index (χ4v) is 3.44. The van der Waals surface area contributed by atoms with E-state index in [4.69, 9.17) is 0 Å². The highest BCUT2D eigenvalue weighted by Gasteiger charge is 2.35. The summed E-state index contributed by atoms with van der Waals surface area (Å²) in [4.78, 5) is 26.5. The van der Waals surface area contributed by atoms with E-state index >= 15 is 0 Å². The summed E-state index contributed by atoms with van der Waals surface area (Å²) in [7, 11) is 1.67. The van der Waals surface area contributed by atoms with Crippen LogP contribution in [0.25, 0.3) is 0 Å². The standard InChI is InChI=1S/C12H16N4O2S2/c1-7(2)5-16-10(18)8(3)20-12(16)14-13-11-15(4)9(17)6-19-11/h8H,1,5-6H2,2-4H3/b13-11+,14-12-. The number of rotatable bonds is 3. The monoisotopic (exact) mass is 312 g/mol. The summed E-state index contributed by atoms with van der Waals surface area (Å²) >= 11 is 2.72. The zero-order valence-electron chi connectivity index (χ0n) is 11.6. The number of hydrogen-bond acceptors (Lipinski definition) is 6. The predicted octanol–water partition coefficient (Wildman–Crippen LogP) is 1.36. The average Bonchev–Trinajstić information content (AvgIpc) is 2.83. The zero-order chi connectivity index (χ0) is 14.9. The predicted molar refractivity (Wildman–Crippen MR) is 83.7 cm³/mol. The van der Waals surface area contributed by atoms with Crippen LogP contribution in [0.15, 0.2) is 22.4 Å². The molecule has 0 spiro atoms. The third-order valence-corrected chi connectivity index (χ3v) is 4.83. The van der Waals surface area contributed by atoms with E-state index < -0.39 is 0 Å². The molecule has 0 aromatic rings. The van der Waals surface area contributed by atoms with Gasteiger partial charge in [0.25, 0.3) is 0 Å². The third-order valence-electron chi connectivity index (χ3n) is 2.76. The van der Waals surface area contributed by atoms with Crippen LogP contribution in [0.5, 0.6) is 0 Å². The molecule has 2 rings (SSSR count). The lowest BCUT2D eigenvalue weighted by Gasteiger charge is -2.15. The van der Waals surface area contributed by atoms with Crippen molar-refractivity contribution in [1.29, 1.82) is 0 Å². The summed E-state index contributed by atoms with van der Waals surface area (Å²) in [5, 5.41) is 9.19. The van der Waals surface area contributed by atoms with Crippen LogP contribution in [0.2, 0.25) is 0 Å². The van der Waals surface area contributed by atoms with Crippen LogP contribution in [-0.2, 0) is 9.59 Å². The van der Waals surface area contributed by atoms with Crippen molar-refractivity contribution in [1.82, 2.24) is 9.80 Å². The van der Waals surface area contributed by atoms with Gasteiger partial charge in [-0.3, -0.25) is 19.4 Å². The molecule has 108 valence electrons. The summed E-state index contributed by atoms with van der Waals surface area (Å²) in [6, 6.07) is 0. The molecule has 1 atom stereocenters. The molecule has 0 saturated carbocycles. The number of thioether (sulfide) groups is 2. The Labute approximate surface area is 126 Å². The first-order chi connectivity index (χ1) is 9.40. The second-order valence-electron chi connectivity index (χ2n) is 4.65. The number of hydrogen-bond donors (Lipinski definition) is 0. The summed E-state index contributed by atoms with van der Waals surface area (Å²) in [5.74, 6) is 0.412. The van der Waals surface area contributed by atoms with Crippen LogP contribution in [-0.4, -0.2) is 56.5 Å². The first kappa shape index (κ1) is 15.1. The molecular formula is C12H16N4O2S2. The summed E-state index contributed by atoms with van der Waals surface area (Å²) < 4.78 is 0.